The molecule has 2 aliphatic rings. The van der Waals surface area contributed by atoms with Crippen molar-refractivity contribution in [2.45, 2.75) is 46.0 Å². The van der Waals surface area contributed by atoms with Crippen molar-refractivity contribution in [3.8, 4) is 0 Å². The van der Waals surface area contributed by atoms with Crippen molar-refractivity contribution in [2.75, 3.05) is 63.8 Å². The van der Waals surface area contributed by atoms with Crippen molar-refractivity contribution in [3.05, 3.63) is 24.4 Å². The molecule has 0 N–H and O–H groups in total. The number of piperazine rings is 1. The van der Waals surface area contributed by atoms with Gasteiger partial charge in [-0.15, -0.1) is 0 Å². The van der Waals surface area contributed by atoms with Gasteiger partial charge < -0.3 is 14.7 Å². The van der Waals surface area contributed by atoms with Gasteiger partial charge >= 0.3 is 0 Å². The van der Waals surface area contributed by atoms with Gasteiger partial charge in [0, 0.05) is 77.9 Å². The smallest absolute Gasteiger partial charge is 0.222 e. The van der Waals surface area contributed by atoms with E-state index in [1.54, 1.807) is 0 Å². The lowest BCUT2D eigenvalue weighted by atomic mass is 9.96. The van der Waals surface area contributed by atoms with Crippen molar-refractivity contribution in [1.29, 1.82) is 0 Å². The van der Waals surface area contributed by atoms with Crippen molar-refractivity contribution >= 4 is 17.6 Å². The Morgan fingerprint density at radius 1 is 1.06 bits per heavy atom. The Kier molecular flexibility index (Phi) is 9.13. The van der Waals surface area contributed by atoms with Crippen LogP contribution >= 0.6 is 0 Å². The number of piperidine rings is 1. The van der Waals surface area contributed by atoms with Crippen LogP contribution in [-0.2, 0) is 9.59 Å². The SMILES string of the molecule is CCN(CC)C(=O)CCCC(=O)N1CCCC(CN2CCN(c3ccccn3)CC2)C1. The standard InChI is InChI=1S/C24H39N5O2/c1-3-27(4-2)23(30)11-7-12-24(31)29-14-8-9-21(20-29)19-26-15-17-28(18-16-26)22-10-5-6-13-25-22/h5-6,10,13,21H,3-4,7-9,11-12,14-20H2,1-2H3. The van der Waals surface area contributed by atoms with Gasteiger partial charge in [0.05, 0.1) is 0 Å². The van der Waals surface area contributed by atoms with E-state index in [0.717, 1.165) is 71.1 Å². The van der Waals surface area contributed by atoms with Gasteiger partial charge in [-0.1, -0.05) is 6.07 Å². The molecule has 2 aliphatic heterocycles. The maximum atomic E-state index is 12.7. The summed E-state index contributed by atoms with van der Waals surface area (Å²) in [6, 6.07) is 6.08. The van der Waals surface area contributed by atoms with Gasteiger partial charge in [-0.3, -0.25) is 14.5 Å². The molecule has 7 heteroatoms. The van der Waals surface area contributed by atoms with E-state index in [1.807, 2.05) is 42.0 Å². The summed E-state index contributed by atoms with van der Waals surface area (Å²) in [6.45, 7) is 12.4. The van der Waals surface area contributed by atoms with Gasteiger partial charge in [0.2, 0.25) is 11.8 Å². The van der Waals surface area contributed by atoms with Crippen LogP contribution in [0.5, 0.6) is 0 Å². The summed E-state index contributed by atoms with van der Waals surface area (Å²) < 4.78 is 0. The average molecular weight is 430 g/mol. The molecule has 3 heterocycles. The highest BCUT2D eigenvalue weighted by Gasteiger charge is 2.27. The third-order valence-electron chi connectivity index (χ3n) is 6.63. The lowest BCUT2D eigenvalue weighted by molar-refractivity contribution is -0.134. The molecule has 3 rings (SSSR count). The van der Waals surface area contributed by atoms with Gasteiger partial charge in [0.1, 0.15) is 5.82 Å². The van der Waals surface area contributed by atoms with Crippen LogP contribution in [0.4, 0.5) is 5.82 Å². The molecule has 7 nitrogen and oxygen atoms in total. The largest absolute Gasteiger partial charge is 0.354 e. The lowest BCUT2D eigenvalue weighted by Gasteiger charge is -2.39. The van der Waals surface area contributed by atoms with Crippen molar-refractivity contribution in [1.82, 2.24) is 19.7 Å². The molecule has 2 saturated heterocycles. The van der Waals surface area contributed by atoms with E-state index in [1.165, 1.54) is 6.42 Å². The summed E-state index contributed by atoms with van der Waals surface area (Å²) in [5, 5.41) is 0. The number of hydrogen-bond donors (Lipinski definition) is 0. The van der Waals surface area contributed by atoms with Crippen LogP contribution in [-0.4, -0.2) is 90.4 Å². The van der Waals surface area contributed by atoms with Crippen molar-refractivity contribution < 1.29 is 9.59 Å². The van der Waals surface area contributed by atoms with Gasteiger partial charge in [-0.2, -0.15) is 0 Å². The third kappa shape index (κ3) is 6.92. The number of hydrogen-bond acceptors (Lipinski definition) is 5. The number of aromatic nitrogens is 1. The van der Waals surface area contributed by atoms with E-state index in [9.17, 15) is 9.59 Å². The Morgan fingerprint density at radius 2 is 1.84 bits per heavy atom. The highest BCUT2D eigenvalue weighted by atomic mass is 16.2. The summed E-state index contributed by atoms with van der Waals surface area (Å²) in [5.74, 6) is 2.00. The molecule has 2 fully saturated rings. The quantitative estimate of drug-likeness (QED) is 0.604. The molecule has 0 saturated carbocycles. The molecule has 0 aromatic carbocycles. The zero-order valence-corrected chi connectivity index (χ0v) is 19.3. The second-order valence-corrected chi connectivity index (χ2v) is 8.74. The number of rotatable bonds is 9. The Hall–Kier alpha value is -2.15. The molecule has 31 heavy (non-hydrogen) atoms. The van der Waals surface area contributed by atoms with Gasteiger partial charge in [0.15, 0.2) is 0 Å². The van der Waals surface area contributed by atoms with E-state index < -0.39 is 0 Å². The zero-order valence-electron chi connectivity index (χ0n) is 19.3. The first-order valence-corrected chi connectivity index (χ1v) is 12.0. The fourth-order valence-electron chi connectivity index (χ4n) is 4.79. The maximum Gasteiger partial charge on any atom is 0.222 e. The first kappa shape index (κ1) is 23.5. The number of anilines is 1. The van der Waals surface area contributed by atoms with Crippen LogP contribution in [0.2, 0.25) is 0 Å². The summed E-state index contributed by atoms with van der Waals surface area (Å²) >= 11 is 0. The minimum atomic E-state index is 0.166. The first-order valence-electron chi connectivity index (χ1n) is 12.0. The molecule has 0 spiro atoms. The second-order valence-electron chi connectivity index (χ2n) is 8.74. The van der Waals surface area contributed by atoms with Crippen molar-refractivity contribution in [3.63, 3.8) is 0 Å². The Labute approximate surface area is 187 Å². The van der Waals surface area contributed by atoms with E-state index in [-0.39, 0.29) is 11.8 Å². The minimum absolute atomic E-state index is 0.166. The molecule has 0 bridgehead atoms. The minimum Gasteiger partial charge on any atom is -0.354 e. The number of carbonyl (C=O) groups excluding carboxylic acids is 2. The molecule has 0 aliphatic carbocycles. The van der Waals surface area contributed by atoms with E-state index >= 15 is 0 Å². The van der Waals surface area contributed by atoms with E-state index in [2.05, 4.69) is 20.9 Å². The van der Waals surface area contributed by atoms with Gasteiger partial charge in [-0.05, 0) is 51.2 Å². The lowest BCUT2D eigenvalue weighted by Crippen LogP contribution is -2.50. The monoisotopic (exact) mass is 429 g/mol. The zero-order chi connectivity index (χ0) is 22.1. The van der Waals surface area contributed by atoms with Gasteiger partial charge in [-0.25, -0.2) is 4.98 Å². The summed E-state index contributed by atoms with van der Waals surface area (Å²) in [6.07, 6.45) is 5.76. The molecular formula is C24H39N5O2. The molecular weight excluding hydrogens is 390 g/mol. The topological polar surface area (TPSA) is 60.0 Å². The molecule has 172 valence electrons. The summed E-state index contributed by atoms with van der Waals surface area (Å²) in [4.78, 5) is 38.1. The van der Waals surface area contributed by atoms with Crippen LogP contribution in [0, 0.1) is 5.92 Å². The van der Waals surface area contributed by atoms with Crippen LogP contribution in [0.1, 0.15) is 46.0 Å². The van der Waals surface area contributed by atoms with Crippen LogP contribution in [0.3, 0.4) is 0 Å². The second kappa shape index (κ2) is 12.0. The molecule has 1 unspecified atom stereocenters. The molecule has 1 aromatic heterocycles. The highest BCUT2D eigenvalue weighted by molar-refractivity contribution is 5.79. The first-order chi connectivity index (χ1) is 15.1. The van der Waals surface area contributed by atoms with E-state index in [4.69, 9.17) is 0 Å². The van der Waals surface area contributed by atoms with Crippen LogP contribution in [0.25, 0.3) is 0 Å². The highest BCUT2D eigenvalue weighted by Crippen LogP contribution is 2.20. The molecule has 1 atom stereocenters. The number of likely N-dealkylation sites (tertiary alicyclic amines) is 1. The van der Waals surface area contributed by atoms with Crippen molar-refractivity contribution in [2.24, 2.45) is 5.92 Å². The number of carbonyl (C=O) groups is 2. The number of nitrogens with zero attached hydrogens (tertiary/aromatic N) is 5. The molecule has 2 amide bonds. The van der Waals surface area contributed by atoms with Gasteiger partial charge in [0.25, 0.3) is 0 Å². The fraction of sp³-hybridized carbons (Fsp3) is 0.708. The Bertz CT molecular complexity index is 686. The van der Waals surface area contributed by atoms with E-state index in [0.29, 0.717) is 25.2 Å². The fourth-order valence-corrected chi connectivity index (χ4v) is 4.79. The van der Waals surface area contributed by atoms with Crippen LogP contribution in [0.15, 0.2) is 24.4 Å². The number of pyridine rings is 1. The normalized spacial score (nSPS) is 20.0. The number of amides is 2. The maximum absolute atomic E-state index is 12.7. The predicted octanol–water partition coefficient (Wildman–Crippen LogP) is 2.48. The average Bonchev–Trinajstić information content (AvgIpc) is 2.81. The predicted molar refractivity (Wildman–Crippen MR) is 124 cm³/mol. The Balaban J connectivity index is 1.37. The summed E-state index contributed by atoms with van der Waals surface area (Å²) in [5.41, 5.74) is 0. The Morgan fingerprint density at radius 3 is 2.52 bits per heavy atom. The molecule has 0 radical (unpaired) electrons. The molecule has 1 aromatic rings. The van der Waals surface area contributed by atoms with Crippen LogP contribution < -0.4 is 4.90 Å². The third-order valence-corrected chi connectivity index (χ3v) is 6.63. The summed E-state index contributed by atoms with van der Waals surface area (Å²) in [7, 11) is 0.